The molecule has 0 fully saturated rings. The highest BCUT2D eigenvalue weighted by molar-refractivity contribution is 5.76. The number of hydrogen-bond donors (Lipinski definition) is 3. The zero-order valence-corrected chi connectivity index (χ0v) is 61.1. The van der Waals surface area contributed by atoms with E-state index in [1.807, 2.05) is 0 Å². The van der Waals surface area contributed by atoms with Gasteiger partial charge in [0.05, 0.1) is 25.4 Å². The fourth-order valence-electron chi connectivity index (χ4n) is 13.1. The number of esters is 1. The van der Waals surface area contributed by atoms with Crippen molar-refractivity contribution >= 4 is 11.9 Å². The third-order valence-electron chi connectivity index (χ3n) is 19.4. The highest BCUT2D eigenvalue weighted by Gasteiger charge is 2.20. The lowest BCUT2D eigenvalue weighted by Gasteiger charge is -2.22. The number of unbranched alkanes of at least 4 members (excludes halogenated alkanes) is 61. The fourth-order valence-corrected chi connectivity index (χ4v) is 13.1. The Bertz CT molecular complexity index is 1460. The molecular formula is C84H161NO5. The molecule has 0 saturated carbocycles. The lowest BCUT2D eigenvalue weighted by Crippen LogP contribution is -2.45. The summed E-state index contributed by atoms with van der Waals surface area (Å²) in [5.74, 6) is -0.0113. The molecule has 0 radical (unpaired) electrons. The largest absolute Gasteiger partial charge is 0.466 e. The number of allylic oxidation sites excluding steroid dienone is 6. The van der Waals surface area contributed by atoms with Crippen LogP contribution in [0.15, 0.2) is 36.5 Å². The van der Waals surface area contributed by atoms with Gasteiger partial charge >= 0.3 is 5.97 Å². The number of carbonyl (C=O) groups is 2. The van der Waals surface area contributed by atoms with Crippen molar-refractivity contribution in [3.63, 3.8) is 0 Å². The van der Waals surface area contributed by atoms with E-state index < -0.39 is 12.1 Å². The topological polar surface area (TPSA) is 95.9 Å². The number of ether oxygens (including phenoxy) is 1. The van der Waals surface area contributed by atoms with Crippen LogP contribution in [0.1, 0.15) is 463 Å². The van der Waals surface area contributed by atoms with Crippen molar-refractivity contribution in [3.05, 3.63) is 36.5 Å². The Morgan fingerprint density at radius 3 is 0.856 bits per heavy atom. The zero-order valence-electron chi connectivity index (χ0n) is 61.1. The van der Waals surface area contributed by atoms with Crippen LogP contribution in [0.2, 0.25) is 0 Å². The second kappa shape index (κ2) is 79.5. The molecule has 0 spiro atoms. The van der Waals surface area contributed by atoms with Gasteiger partial charge in [-0.15, -0.1) is 0 Å². The molecule has 2 unspecified atom stereocenters. The minimum atomic E-state index is -0.663. The van der Waals surface area contributed by atoms with Crippen molar-refractivity contribution in [1.82, 2.24) is 5.32 Å². The molecule has 1 amide bonds. The SMILES string of the molecule is CCCCCCCC/C=C\CCCCCCCCCC(=O)OCCCCCCCCCCCCCCC/C=C\C/C=C\CCCCCCCCCCCCCCCCCCCC(=O)NC(CO)C(O)CCCCCCCCCCCCCCCCCCCCC. The van der Waals surface area contributed by atoms with Gasteiger partial charge in [-0.05, 0) is 83.5 Å². The standard InChI is InChI=1S/C84H161NO5/c1-3-5-7-9-11-13-15-17-19-21-41-45-48-52-56-60-64-68-72-76-82(87)81(80-86)85-83(88)77-73-69-65-61-57-53-49-46-42-39-37-35-33-31-29-27-25-23-22-24-26-28-30-32-34-36-38-40-43-47-51-55-59-63-67-71-75-79-90-84(89)78-74-70-66-62-58-54-50-44-20-18-16-14-12-10-8-6-4-2/h18,20,22,24,28,30,81-82,86-87H,3-17,19,21,23,25-27,29,31-80H2,1-2H3,(H,85,88)/b20-18-,24-22-,30-28-. The summed E-state index contributed by atoms with van der Waals surface area (Å²) in [6.07, 6.45) is 104. The first-order chi connectivity index (χ1) is 44.5. The van der Waals surface area contributed by atoms with E-state index in [0.717, 1.165) is 51.4 Å². The Balaban J connectivity index is 3.35. The Kier molecular flexibility index (Phi) is 77.8. The zero-order chi connectivity index (χ0) is 64.9. The molecule has 0 aromatic heterocycles. The maximum absolute atomic E-state index is 12.6. The van der Waals surface area contributed by atoms with Gasteiger partial charge in [-0.25, -0.2) is 0 Å². The second-order valence-electron chi connectivity index (χ2n) is 28.5. The third kappa shape index (κ3) is 75.1. The van der Waals surface area contributed by atoms with Gasteiger partial charge < -0.3 is 20.3 Å². The molecule has 0 aliphatic carbocycles. The summed E-state index contributed by atoms with van der Waals surface area (Å²) in [5, 5.41) is 23.4. The smallest absolute Gasteiger partial charge is 0.305 e. The van der Waals surface area contributed by atoms with Crippen molar-refractivity contribution in [3.8, 4) is 0 Å². The number of rotatable bonds is 78. The molecule has 0 aromatic rings. The first kappa shape index (κ1) is 88.1. The first-order valence-electron chi connectivity index (χ1n) is 41.2. The fraction of sp³-hybridized carbons (Fsp3) is 0.905. The average Bonchev–Trinajstić information content (AvgIpc) is 3.58. The van der Waals surface area contributed by atoms with Crippen LogP contribution < -0.4 is 5.32 Å². The van der Waals surface area contributed by atoms with Gasteiger partial charge in [0.15, 0.2) is 0 Å². The number of hydrogen-bond acceptors (Lipinski definition) is 5. The van der Waals surface area contributed by atoms with Crippen LogP contribution in [0.5, 0.6) is 0 Å². The lowest BCUT2D eigenvalue weighted by atomic mass is 10.0. The van der Waals surface area contributed by atoms with Gasteiger partial charge in [0.25, 0.3) is 0 Å². The van der Waals surface area contributed by atoms with Crippen LogP contribution in [-0.2, 0) is 14.3 Å². The van der Waals surface area contributed by atoms with Crippen molar-refractivity contribution in [2.45, 2.75) is 475 Å². The molecule has 0 bridgehead atoms. The van der Waals surface area contributed by atoms with Gasteiger partial charge in [0.2, 0.25) is 5.91 Å². The molecule has 2 atom stereocenters. The monoisotopic (exact) mass is 1260 g/mol. The van der Waals surface area contributed by atoms with Gasteiger partial charge in [-0.2, -0.15) is 0 Å². The van der Waals surface area contributed by atoms with Crippen molar-refractivity contribution in [1.29, 1.82) is 0 Å². The Morgan fingerprint density at radius 1 is 0.311 bits per heavy atom. The van der Waals surface area contributed by atoms with Gasteiger partial charge in [-0.1, -0.05) is 403 Å². The average molecular weight is 1270 g/mol. The predicted octanol–water partition coefficient (Wildman–Crippen LogP) is 27.4. The molecule has 0 heterocycles. The molecule has 0 saturated heterocycles. The summed E-state index contributed by atoms with van der Waals surface area (Å²) in [6, 6.07) is -0.540. The maximum atomic E-state index is 12.6. The second-order valence-corrected chi connectivity index (χ2v) is 28.5. The number of carbonyl (C=O) groups excluding carboxylic acids is 2. The molecule has 532 valence electrons. The van der Waals surface area contributed by atoms with Crippen LogP contribution in [-0.4, -0.2) is 47.4 Å². The molecule has 6 heteroatoms. The molecule has 90 heavy (non-hydrogen) atoms. The Labute approximate surface area is 564 Å². The normalized spacial score (nSPS) is 12.6. The number of nitrogens with one attached hydrogen (secondary N) is 1. The highest BCUT2D eigenvalue weighted by atomic mass is 16.5. The molecule has 0 aliphatic rings. The minimum Gasteiger partial charge on any atom is -0.466 e. The van der Waals surface area contributed by atoms with Gasteiger partial charge in [0.1, 0.15) is 0 Å². The van der Waals surface area contributed by atoms with Crippen LogP contribution >= 0.6 is 0 Å². The summed E-state index contributed by atoms with van der Waals surface area (Å²) in [6.45, 7) is 5.00. The maximum Gasteiger partial charge on any atom is 0.305 e. The molecular weight excluding hydrogens is 1100 g/mol. The molecule has 0 aromatic carbocycles. The van der Waals surface area contributed by atoms with E-state index in [4.69, 9.17) is 4.74 Å². The summed E-state index contributed by atoms with van der Waals surface area (Å²) >= 11 is 0. The van der Waals surface area contributed by atoms with Gasteiger partial charge in [0, 0.05) is 12.8 Å². The quantitative estimate of drug-likeness (QED) is 0.0320. The van der Waals surface area contributed by atoms with Crippen LogP contribution in [0.3, 0.4) is 0 Å². The van der Waals surface area contributed by atoms with Crippen molar-refractivity contribution in [2.75, 3.05) is 13.2 Å². The predicted molar refractivity (Wildman–Crippen MR) is 398 cm³/mol. The number of aliphatic hydroxyl groups is 2. The van der Waals surface area contributed by atoms with Gasteiger partial charge in [-0.3, -0.25) is 9.59 Å². The van der Waals surface area contributed by atoms with E-state index in [-0.39, 0.29) is 18.5 Å². The lowest BCUT2D eigenvalue weighted by molar-refractivity contribution is -0.143. The van der Waals surface area contributed by atoms with Crippen LogP contribution in [0.25, 0.3) is 0 Å². The number of amides is 1. The number of aliphatic hydroxyl groups excluding tert-OH is 2. The van der Waals surface area contributed by atoms with Crippen molar-refractivity contribution in [2.24, 2.45) is 0 Å². The first-order valence-corrected chi connectivity index (χ1v) is 41.2. The van der Waals surface area contributed by atoms with E-state index in [2.05, 4.69) is 55.6 Å². The molecule has 3 N–H and O–H groups in total. The minimum absolute atomic E-state index is 0.0162. The van der Waals surface area contributed by atoms with E-state index in [9.17, 15) is 19.8 Å². The van der Waals surface area contributed by atoms with E-state index in [1.54, 1.807) is 0 Å². The van der Waals surface area contributed by atoms with E-state index in [0.29, 0.717) is 25.9 Å². The highest BCUT2D eigenvalue weighted by Crippen LogP contribution is 2.20. The molecule has 0 rings (SSSR count). The molecule has 0 aliphatic heterocycles. The Morgan fingerprint density at radius 2 is 0.556 bits per heavy atom. The summed E-state index contributed by atoms with van der Waals surface area (Å²) < 4.78 is 5.51. The van der Waals surface area contributed by atoms with Crippen molar-refractivity contribution < 1.29 is 24.5 Å². The summed E-state index contributed by atoms with van der Waals surface area (Å²) in [5.41, 5.74) is 0. The van der Waals surface area contributed by atoms with E-state index >= 15 is 0 Å². The third-order valence-corrected chi connectivity index (χ3v) is 19.4. The molecule has 6 nitrogen and oxygen atoms in total. The summed E-state index contributed by atoms with van der Waals surface area (Å²) in [7, 11) is 0. The van der Waals surface area contributed by atoms with E-state index in [1.165, 1.54) is 379 Å². The van der Waals surface area contributed by atoms with Crippen LogP contribution in [0, 0.1) is 0 Å². The van der Waals surface area contributed by atoms with Crippen LogP contribution in [0.4, 0.5) is 0 Å². The summed E-state index contributed by atoms with van der Waals surface area (Å²) in [4.78, 5) is 24.7. The Hall–Kier alpha value is -1.92.